The van der Waals surface area contributed by atoms with Crippen LogP contribution in [-0.4, -0.2) is 11.6 Å². The second-order valence-corrected chi connectivity index (χ2v) is 5.87. The molecular formula is C14H15ClN2OS. The molecule has 5 heteroatoms. The molecule has 0 amide bonds. The van der Waals surface area contributed by atoms with Crippen LogP contribution in [0.15, 0.2) is 42.6 Å². The molecule has 1 aromatic carbocycles. The molecule has 19 heavy (non-hydrogen) atoms. The van der Waals surface area contributed by atoms with Gasteiger partial charge in [-0.25, -0.2) is 4.98 Å². The Morgan fingerprint density at radius 1 is 1.47 bits per heavy atom. The number of hydrogen-bond acceptors (Lipinski definition) is 4. The lowest BCUT2D eigenvalue weighted by molar-refractivity contribution is 0.354. The van der Waals surface area contributed by atoms with Crippen LogP contribution in [-0.2, 0) is 6.54 Å². The highest BCUT2D eigenvalue weighted by Gasteiger charge is 2.04. The number of hydrogen-bond donors (Lipinski definition) is 1. The van der Waals surface area contributed by atoms with Crippen LogP contribution >= 0.6 is 22.9 Å². The number of nitrogens with zero attached hydrogens (tertiary/aromatic N) is 1. The van der Waals surface area contributed by atoms with Crippen LogP contribution in [0.5, 0.6) is 5.75 Å². The van der Waals surface area contributed by atoms with Crippen LogP contribution in [0, 0.1) is 0 Å². The number of nitrogens with one attached hydrogen (secondary N) is 1. The smallest absolute Gasteiger partial charge is 0.183 e. The predicted octanol–water partition coefficient (Wildman–Crippen LogP) is 4.36. The number of para-hydroxylation sites is 2. The van der Waals surface area contributed by atoms with Crippen molar-refractivity contribution < 1.29 is 4.74 Å². The number of benzene rings is 1. The summed E-state index contributed by atoms with van der Waals surface area (Å²) in [4.78, 5) is 5.10. The number of ether oxygens (including phenoxy) is 1. The molecule has 0 atom stereocenters. The van der Waals surface area contributed by atoms with Crippen molar-refractivity contribution in [2.75, 3.05) is 11.9 Å². The summed E-state index contributed by atoms with van der Waals surface area (Å²) in [5.74, 6) is 0.820. The molecule has 0 unspecified atom stereocenters. The second-order valence-electron chi connectivity index (χ2n) is 4.18. The summed E-state index contributed by atoms with van der Waals surface area (Å²) in [7, 11) is 0. The summed E-state index contributed by atoms with van der Waals surface area (Å²) in [6.45, 7) is 6.97. The monoisotopic (exact) mass is 294 g/mol. The van der Waals surface area contributed by atoms with Crippen LogP contribution in [0.4, 0.5) is 5.69 Å². The van der Waals surface area contributed by atoms with Crippen molar-refractivity contribution in [1.82, 2.24) is 4.98 Å². The zero-order chi connectivity index (χ0) is 13.7. The minimum Gasteiger partial charge on any atom is -0.487 e. The van der Waals surface area contributed by atoms with E-state index in [1.54, 1.807) is 6.20 Å². The van der Waals surface area contributed by atoms with Gasteiger partial charge in [-0.3, -0.25) is 0 Å². The maximum Gasteiger partial charge on any atom is 0.183 e. The first-order valence-corrected chi connectivity index (χ1v) is 7.05. The van der Waals surface area contributed by atoms with E-state index in [2.05, 4.69) is 16.9 Å². The van der Waals surface area contributed by atoms with Gasteiger partial charge in [-0.1, -0.05) is 30.3 Å². The van der Waals surface area contributed by atoms with Gasteiger partial charge in [-0.2, -0.15) is 0 Å². The van der Waals surface area contributed by atoms with E-state index in [0.717, 1.165) is 21.9 Å². The van der Waals surface area contributed by atoms with Crippen molar-refractivity contribution in [3.8, 4) is 5.75 Å². The van der Waals surface area contributed by atoms with E-state index in [4.69, 9.17) is 16.3 Å². The van der Waals surface area contributed by atoms with Crippen molar-refractivity contribution in [2.45, 2.75) is 13.5 Å². The molecular weight excluding hydrogens is 280 g/mol. The lowest BCUT2D eigenvalue weighted by Gasteiger charge is -2.12. The molecule has 1 aromatic heterocycles. The fourth-order valence-electron chi connectivity index (χ4n) is 1.49. The molecule has 0 radical (unpaired) electrons. The Hall–Kier alpha value is -1.52. The van der Waals surface area contributed by atoms with Crippen molar-refractivity contribution in [3.63, 3.8) is 0 Å². The van der Waals surface area contributed by atoms with Crippen molar-refractivity contribution in [1.29, 1.82) is 0 Å². The summed E-state index contributed by atoms with van der Waals surface area (Å²) in [6, 6.07) is 7.83. The molecule has 0 saturated carbocycles. The van der Waals surface area contributed by atoms with Gasteiger partial charge in [0.05, 0.1) is 12.2 Å². The summed E-state index contributed by atoms with van der Waals surface area (Å²) in [5, 5.41) is 3.32. The third-order valence-corrected chi connectivity index (χ3v) is 3.45. The third kappa shape index (κ3) is 4.26. The van der Waals surface area contributed by atoms with Gasteiger partial charge in [0.1, 0.15) is 12.4 Å². The average Bonchev–Trinajstić information content (AvgIpc) is 2.80. The first kappa shape index (κ1) is 13.9. The van der Waals surface area contributed by atoms with E-state index in [9.17, 15) is 0 Å². The fourth-order valence-corrected chi connectivity index (χ4v) is 2.40. The van der Waals surface area contributed by atoms with Crippen molar-refractivity contribution >= 4 is 28.6 Å². The number of aromatic nitrogens is 1. The van der Waals surface area contributed by atoms with E-state index < -0.39 is 0 Å². The molecule has 0 aliphatic heterocycles. The highest BCUT2D eigenvalue weighted by molar-refractivity contribution is 7.15. The van der Waals surface area contributed by atoms with Gasteiger partial charge in [0.2, 0.25) is 0 Å². The largest absolute Gasteiger partial charge is 0.487 e. The molecule has 0 spiro atoms. The molecule has 0 bridgehead atoms. The van der Waals surface area contributed by atoms with Gasteiger partial charge in [-0.05, 0) is 24.6 Å². The van der Waals surface area contributed by atoms with Crippen LogP contribution in [0.1, 0.15) is 11.8 Å². The number of halogens is 1. The Morgan fingerprint density at radius 3 is 2.95 bits per heavy atom. The van der Waals surface area contributed by atoms with Crippen molar-refractivity contribution in [3.05, 3.63) is 52.0 Å². The highest BCUT2D eigenvalue weighted by atomic mass is 35.5. The maximum absolute atomic E-state index is 5.80. The first-order valence-electron chi connectivity index (χ1n) is 5.85. The topological polar surface area (TPSA) is 34.1 Å². The van der Waals surface area contributed by atoms with Gasteiger partial charge in [0.25, 0.3) is 0 Å². The SMILES string of the molecule is C=C(C)COc1ccccc1NCc1cnc(Cl)s1. The van der Waals surface area contributed by atoms with E-state index >= 15 is 0 Å². The molecule has 0 aliphatic carbocycles. The van der Waals surface area contributed by atoms with Crippen LogP contribution in [0.2, 0.25) is 4.47 Å². The van der Waals surface area contributed by atoms with E-state index in [1.165, 1.54) is 11.3 Å². The standard InChI is InChI=1S/C14H15ClN2OS/c1-10(2)9-18-13-6-4-3-5-12(13)16-7-11-8-17-14(15)19-11/h3-6,8,16H,1,7,9H2,2H3. The van der Waals surface area contributed by atoms with Gasteiger partial charge in [0.15, 0.2) is 4.47 Å². The quantitative estimate of drug-likeness (QED) is 0.804. The Bertz CT molecular complexity index is 568. The van der Waals surface area contributed by atoms with Crippen LogP contribution in [0.25, 0.3) is 0 Å². The molecule has 0 fully saturated rings. The molecule has 3 nitrogen and oxygen atoms in total. The highest BCUT2D eigenvalue weighted by Crippen LogP contribution is 2.26. The molecule has 2 rings (SSSR count). The predicted molar refractivity (Wildman–Crippen MR) is 81.2 cm³/mol. The molecule has 1 heterocycles. The zero-order valence-electron chi connectivity index (χ0n) is 10.6. The van der Waals surface area contributed by atoms with Gasteiger partial charge >= 0.3 is 0 Å². The second kappa shape index (κ2) is 6.59. The lowest BCUT2D eigenvalue weighted by Crippen LogP contribution is -2.03. The van der Waals surface area contributed by atoms with E-state index in [1.807, 2.05) is 31.2 Å². The van der Waals surface area contributed by atoms with E-state index in [0.29, 0.717) is 17.6 Å². The summed E-state index contributed by atoms with van der Waals surface area (Å²) in [6.07, 6.45) is 1.78. The Morgan fingerprint density at radius 2 is 2.26 bits per heavy atom. The molecule has 2 aromatic rings. The van der Waals surface area contributed by atoms with Gasteiger partial charge < -0.3 is 10.1 Å². The third-order valence-electron chi connectivity index (χ3n) is 2.34. The minimum atomic E-state index is 0.519. The maximum atomic E-state index is 5.80. The molecule has 100 valence electrons. The normalized spacial score (nSPS) is 10.2. The minimum absolute atomic E-state index is 0.519. The van der Waals surface area contributed by atoms with E-state index in [-0.39, 0.29) is 0 Å². The van der Waals surface area contributed by atoms with Gasteiger partial charge in [0, 0.05) is 11.1 Å². The summed E-state index contributed by atoms with van der Waals surface area (Å²) < 4.78 is 6.25. The lowest BCUT2D eigenvalue weighted by atomic mass is 10.3. The first-order chi connectivity index (χ1) is 9.15. The Balaban J connectivity index is 2.01. The van der Waals surface area contributed by atoms with Crippen LogP contribution < -0.4 is 10.1 Å². The Kier molecular flexibility index (Phi) is 4.82. The Labute approximate surface area is 121 Å². The molecule has 1 N–H and O–H groups in total. The molecule has 0 saturated heterocycles. The average molecular weight is 295 g/mol. The zero-order valence-corrected chi connectivity index (χ0v) is 12.2. The summed E-state index contributed by atoms with van der Waals surface area (Å²) in [5.41, 5.74) is 1.94. The van der Waals surface area contributed by atoms with Crippen LogP contribution in [0.3, 0.4) is 0 Å². The van der Waals surface area contributed by atoms with Gasteiger partial charge in [-0.15, -0.1) is 11.3 Å². The summed E-state index contributed by atoms with van der Waals surface area (Å²) >= 11 is 7.27. The molecule has 0 aliphatic rings. The number of rotatable bonds is 6. The number of thiazole rings is 1. The fraction of sp³-hybridized carbons (Fsp3) is 0.214. The van der Waals surface area contributed by atoms with Crippen molar-refractivity contribution in [2.24, 2.45) is 0 Å². The number of anilines is 1.